The van der Waals surface area contributed by atoms with Crippen molar-refractivity contribution >= 4 is 42.3 Å². The van der Waals surface area contributed by atoms with Crippen LogP contribution in [-0.4, -0.2) is 47.9 Å². The Hall–Kier alpha value is -0.590. The van der Waals surface area contributed by atoms with Gasteiger partial charge in [-0.25, -0.2) is 4.39 Å². The second kappa shape index (κ2) is 9.27. The molecule has 1 amide bonds. The van der Waals surface area contributed by atoms with Gasteiger partial charge in [0.25, 0.3) is 0 Å². The van der Waals surface area contributed by atoms with E-state index in [0.29, 0.717) is 23.4 Å². The number of nitrogens with two attached hydrogens (primary N) is 1. The van der Waals surface area contributed by atoms with Crippen LogP contribution in [0, 0.1) is 23.6 Å². The van der Waals surface area contributed by atoms with Gasteiger partial charge in [0.1, 0.15) is 5.82 Å². The molecule has 2 aliphatic carbocycles. The first-order chi connectivity index (χ1) is 12.0. The van der Waals surface area contributed by atoms with Gasteiger partial charge in [-0.3, -0.25) is 9.69 Å². The molecular formula is C19H27Cl3FN3O. The van der Waals surface area contributed by atoms with Crippen molar-refractivity contribution in [1.29, 1.82) is 0 Å². The fraction of sp³-hybridized carbons (Fsp3) is 0.632. The molecule has 1 heterocycles. The van der Waals surface area contributed by atoms with Crippen LogP contribution >= 0.6 is 36.4 Å². The van der Waals surface area contributed by atoms with E-state index in [2.05, 4.69) is 4.90 Å². The van der Waals surface area contributed by atoms with Crippen molar-refractivity contribution in [2.24, 2.45) is 23.5 Å². The van der Waals surface area contributed by atoms with Gasteiger partial charge in [0.2, 0.25) is 5.91 Å². The van der Waals surface area contributed by atoms with Gasteiger partial charge >= 0.3 is 0 Å². The van der Waals surface area contributed by atoms with Crippen LogP contribution in [0.15, 0.2) is 18.2 Å². The van der Waals surface area contributed by atoms with Crippen molar-refractivity contribution in [2.45, 2.75) is 31.8 Å². The molecule has 27 heavy (non-hydrogen) atoms. The summed E-state index contributed by atoms with van der Waals surface area (Å²) in [5, 5.41) is 0.464. The van der Waals surface area contributed by atoms with Crippen LogP contribution in [0.4, 0.5) is 4.39 Å². The standard InChI is InChI=1S/C19H25ClFN3O.2ClH/c20-16-10-15(21)4-3-14(16)11-23-5-7-24(8-6-23)19(25)17-12-1-2-13(9-12)18(17)22;;/h3-4,10,12-13,17-18H,1-2,5-9,11,22H2;2*1H. The maximum atomic E-state index is 13.2. The quantitative estimate of drug-likeness (QED) is 0.787. The van der Waals surface area contributed by atoms with Crippen LogP contribution in [-0.2, 0) is 11.3 Å². The smallest absolute Gasteiger partial charge is 0.227 e. The van der Waals surface area contributed by atoms with Crippen LogP contribution in [0.5, 0.6) is 0 Å². The minimum atomic E-state index is -0.314. The highest BCUT2D eigenvalue weighted by atomic mass is 35.5. The highest BCUT2D eigenvalue weighted by Gasteiger charge is 2.50. The van der Waals surface area contributed by atoms with Crippen LogP contribution in [0.1, 0.15) is 24.8 Å². The summed E-state index contributed by atoms with van der Waals surface area (Å²) >= 11 is 6.12. The molecule has 4 rings (SSSR count). The third-order valence-electron chi connectivity index (χ3n) is 6.36. The molecule has 152 valence electrons. The number of fused-ring (bicyclic) bond motifs is 2. The molecule has 4 atom stereocenters. The van der Waals surface area contributed by atoms with E-state index in [1.807, 2.05) is 4.90 Å². The second-order valence-corrected chi connectivity index (χ2v) is 8.18. The van der Waals surface area contributed by atoms with E-state index < -0.39 is 0 Å². The van der Waals surface area contributed by atoms with Gasteiger partial charge in [-0.05, 0) is 48.8 Å². The van der Waals surface area contributed by atoms with Crippen LogP contribution in [0.25, 0.3) is 0 Å². The SMILES string of the molecule is Cl.Cl.NC1C2CCC(C2)C1C(=O)N1CCN(Cc2ccc(F)cc2Cl)CC1. The predicted octanol–water partition coefficient (Wildman–Crippen LogP) is 3.34. The molecule has 3 fully saturated rings. The number of rotatable bonds is 3. The fourth-order valence-corrected chi connectivity index (χ4v) is 5.16. The van der Waals surface area contributed by atoms with Gasteiger partial charge in [-0.2, -0.15) is 0 Å². The summed E-state index contributed by atoms with van der Waals surface area (Å²) in [6.07, 6.45) is 3.50. The van der Waals surface area contributed by atoms with Gasteiger partial charge in [-0.15, -0.1) is 24.8 Å². The van der Waals surface area contributed by atoms with E-state index in [-0.39, 0.29) is 48.5 Å². The van der Waals surface area contributed by atoms with Crippen molar-refractivity contribution in [3.63, 3.8) is 0 Å². The zero-order valence-electron chi connectivity index (χ0n) is 15.2. The van der Waals surface area contributed by atoms with E-state index in [1.54, 1.807) is 6.07 Å². The van der Waals surface area contributed by atoms with Crippen molar-refractivity contribution < 1.29 is 9.18 Å². The van der Waals surface area contributed by atoms with Gasteiger partial charge in [-0.1, -0.05) is 17.7 Å². The minimum Gasteiger partial charge on any atom is -0.340 e. The third kappa shape index (κ3) is 4.54. The number of piperazine rings is 1. The Morgan fingerprint density at radius 1 is 1.15 bits per heavy atom. The number of benzene rings is 1. The van der Waals surface area contributed by atoms with Crippen molar-refractivity contribution in [1.82, 2.24) is 9.80 Å². The molecule has 0 spiro atoms. The Labute approximate surface area is 177 Å². The summed E-state index contributed by atoms with van der Waals surface area (Å²) in [5.74, 6) is 1.05. The Morgan fingerprint density at radius 3 is 2.41 bits per heavy atom. The average molecular weight is 439 g/mol. The van der Waals surface area contributed by atoms with Gasteiger partial charge in [0, 0.05) is 43.8 Å². The lowest BCUT2D eigenvalue weighted by Gasteiger charge is -2.38. The summed E-state index contributed by atoms with van der Waals surface area (Å²) in [4.78, 5) is 17.2. The lowest BCUT2D eigenvalue weighted by molar-refractivity contribution is -0.139. The molecule has 0 aromatic heterocycles. The Bertz CT molecular complexity index is 668. The van der Waals surface area contributed by atoms with Crippen LogP contribution in [0.3, 0.4) is 0 Å². The third-order valence-corrected chi connectivity index (χ3v) is 6.71. The van der Waals surface area contributed by atoms with Crippen molar-refractivity contribution in [3.8, 4) is 0 Å². The highest BCUT2D eigenvalue weighted by molar-refractivity contribution is 6.31. The maximum absolute atomic E-state index is 13.2. The van der Waals surface area contributed by atoms with Gasteiger partial charge in [0.05, 0.1) is 5.92 Å². The molecular weight excluding hydrogens is 412 g/mol. The molecule has 0 radical (unpaired) electrons. The molecule has 3 aliphatic rings. The Morgan fingerprint density at radius 2 is 1.81 bits per heavy atom. The number of hydrogen-bond acceptors (Lipinski definition) is 3. The molecule has 4 unspecified atom stereocenters. The zero-order valence-corrected chi connectivity index (χ0v) is 17.5. The first-order valence-corrected chi connectivity index (χ1v) is 9.61. The number of carbonyl (C=O) groups excluding carboxylic acids is 1. The second-order valence-electron chi connectivity index (χ2n) is 7.77. The van der Waals surface area contributed by atoms with Crippen molar-refractivity contribution in [3.05, 3.63) is 34.6 Å². The van der Waals surface area contributed by atoms with Crippen LogP contribution in [0.2, 0.25) is 5.02 Å². The van der Waals surface area contributed by atoms with Crippen LogP contribution < -0.4 is 5.73 Å². The Balaban J connectivity index is 0.00000131. The Kier molecular flexibility index (Phi) is 7.79. The lowest BCUT2D eigenvalue weighted by atomic mass is 9.84. The molecule has 1 saturated heterocycles. The van der Waals surface area contributed by atoms with Gasteiger partial charge in [0.15, 0.2) is 0 Å². The minimum absolute atomic E-state index is 0. The lowest BCUT2D eigenvalue weighted by Crippen LogP contribution is -2.53. The first-order valence-electron chi connectivity index (χ1n) is 9.23. The maximum Gasteiger partial charge on any atom is 0.227 e. The van der Waals surface area contributed by atoms with E-state index in [0.717, 1.165) is 44.6 Å². The number of amides is 1. The number of nitrogens with zero attached hydrogens (tertiary/aromatic N) is 2. The fourth-order valence-electron chi connectivity index (χ4n) is 4.93. The topological polar surface area (TPSA) is 49.6 Å². The van der Waals surface area contributed by atoms with E-state index in [4.69, 9.17) is 17.3 Å². The first kappa shape index (κ1) is 22.7. The number of hydrogen-bond donors (Lipinski definition) is 1. The molecule has 2 N–H and O–H groups in total. The summed E-state index contributed by atoms with van der Waals surface area (Å²) < 4.78 is 13.2. The molecule has 2 saturated carbocycles. The molecule has 1 aromatic rings. The summed E-state index contributed by atoms with van der Waals surface area (Å²) in [5.41, 5.74) is 7.26. The zero-order chi connectivity index (χ0) is 17.6. The normalized spacial score (nSPS) is 30.0. The number of halogens is 4. The monoisotopic (exact) mass is 437 g/mol. The van der Waals surface area contributed by atoms with E-state index >= 15 is 0 Å². The number of carbonyl (C=O) groups is 1. The van der Waals surface area contributed by atoms with E-state index in [1.165, 1.54) is 18.6 Å². The van der Waals surface area contributed by atoms with Crippen molar-refractivity contribution in [2.75, 3.05) is 26.2 Å². The molecule has 4 nitrogen and oxygen atoms in total. The largest absolute Gasteiger partial charge is 0.340 e. The summed E-state index contributed by atoms with van der Waals surface area (Å²) in [7, 11) is 0. The van der Waals surface area contributed by atoms with Gasteiger partial charge < -0.3 is 10.6 Å². The predicted molar refractivity (Wildman–Crippen MR) is 110 cm³/mol. The molecule has 1 aromatic carbocycles. The summed E-state index contributed by atoms with van der Waals surface area (Å²) in [6, 6.07) is 4.59. The van der Waals surface area contributed by atoms with E-state index in [9.17, 15) is 9.18 Å². The molecule has 2 bridgehead atoms. The average Bonchev–Trinajstić information content (AvgIpc) is 3.19. The highest BCUT2D eigenvalue weighted by Crippen LogP contribution is 2.48. The molecule has 1 aliphatic heterocycles. The molecule has 8 heteroatoms. The summed E-state index contributed by atoms with van der Waals surface area (Å²) in [6.45, 7) is 3.79.